The van der Waals surface area contributed by atoms with Gasteiger partial charge in [-0.3, -0.25) is 4.57 Å². The Hall–Kier alpha value is -2.45. The van der Waals surface area contributed by atoms with Crippen molar-refractivity contribution in [3.8, 4) is 11.1 Å². The van der Waals surface area contributed by atoms with E-state index in [1.807, 2.05) is 0 Å². The van der Waals surface area contributed by atoms with Crippen LogP contribution in [0.5, 0.6) is 0 Å². The molecular formula is C20H17O3P. The molecule has 0 aliphatic carbocycles. The Morgan fingerprint density at radius 1 is 0.542 bits per heavy atom. The lowest BCUT2D eigenvalue weighted by Gasteiger charge is -2.10. The molecule has 0 aliphatic rings. The van der Waals surface area contributed by atoms with Crippen molar-refractivity contribution in [3.63, 3.8) is 0 Å². The van der Waals surface area contributed by atoms with Gasteiger partial charge < -0.3 is 9.79 Å². The molecule has 0 saturated heterocycles. The highest BCUT2D eigenvalue weighted by molar-refractivity contribution is 7.30. The van der Waals surface area contributed by atoms with Crippen LogP contribution in [0.1, 0.15) is 0 Å². The SMILES string of the molecule is O=[PH](O)O.c1ccc2c(-c3cccc4ccccc34)cccc2c1. The largest absolute Gasteiger partial charge is 0.326 e. The topological polar surface area (TPSA) is 57.5 Å². The molecule has 4 rings (SSSR count). The summed E-state index contributed by atoms with van der Waals surface area (Å²) in [5, 5.41) is 5.20. The van der Waals surface area contributed by atoms with Gasteiger partial charge >= 0.3 is 8.25 Å². The van der Waals surface area contributed by atoms with Crippen LogP contribution in [0.15, 0.2) is 84.9 Å². The fourth-order valence-corrected chi connectivity index (χ4v) is 2.92. The minimum Gasteiger partial charge on any atom is -0.326 e. The molecule has 0 amide bonds. The summed E-state index contributed by atoms with van der Waals surface area (Å²) < 4.78 is 8.74. The third kappa shape index (κ3) is 3.55. The van der Waals surface area contributed by atoms with Gasteiger partial charge in [0.1, 0.15) is 0 Å². The highest BCUT2D eigenvalue weighted by atomic mass is 31.1. The maximum Gasteiger partial charge on any atom is 0.314 e. The molecule has 0 aliphatic heterocycles. The standard InChI is InChI=1S/C20H14.H3O3P/c1-3-11-17-15(7-1)9-5-13-19(17)20-14-6-10-16-8-2-4-12-18(16)20;1-4(2)3/h1-14H;4H,(H2,1,2,3). The van der Waals surface area contributed by atoms with Gasteiger partial charge in [-0.1, -0.05) is 84.9 Å². The first-order chi connectivity index (χ1) is 11.7. The first-order valence-corrected chi connectivity index (χ1v) is 8.85. The molecule has 0 atom stereocenters. The molecule has 0 saturated carbocycles. The van der Waals surface area contributed by atoms with Crippen molar-refractivity contribution in [1.82, 2.24) is 0 Å². The van der Waals surface area contributed by atoms with Gasteiger partial charge in [0.2, 0.25) is 0 Å². The molecule has 0 bridgehead atoms. The molecule has 0 spiro atoms. The Kier molecular flexibility index (Phi) is 5.07. The van der Waals surface area contributed by atoms with Crippen molar-refractivity contribution in [2.45, 2.75) is 0 Å². The summed E-state index contributed by atoms with van der Waals surface area (Å²) in [6.07, 6.45) is 0. The van der Waals surface area contributed by atoms with Gasteiger partial charge in [0.05, 0.1) is 0 Å². The van der Waals surface area contributed by atoms with Crippen molar-refractivity contribution < 1.29 is 14.4 Å². The highest BCUT2D eigenvalue weighted by Gasteiger charge is 2.06. The average Bonchev–Trinajstić information content (AvgIpc) is 2.60. The fourth-order valence-electron chi connectivity index (χ4n) is 2.92. The summed E-state index contributed by atoms with van der Waals surface area (Å²) in [6.45, 7) is 0. The summed E-state index contributed by atoms with van der Waals surface area (Å²) in [5.41, 5.74) is 2.61. The van der Waals surface area contributed by atoms with Crippen LogP contribution >= 0.6 is 8.25 Å². The molecular weight excluding hydrogens is 319 g/mol. The second-order valence-electron chi connectivity index (χ2n) is 5.34. The molecule has 0 unspecified atom stereocenters. The Labute approximate surface area is 140 Å². The van der Waals surface area contributed by atoms with Crippen LogP contribution < -0.4 is 0 Å². The Morgan fingerprint density at radius 2 is 0.875 bits per heavy atom. The summed E-state index contributed by atoms with van der Waals surface area (Å²) in [5.74, 6) is 0. The fraction of sp³-hybridized carbons (Fsp3) is 0. The van der Waals surface area contributed by atoms with Crippen molar-refractivity contribution in [2.75, 3.05) is 0 Å². The van der Waals surface area contributed by atoms with Crippen LogP contribution in [0.3, 0.4) is 0 Å². The molecule has 4 aromatic carbocycles. The maximum absolute atomic E-state index is 8.74. The van der Waals surface area contributed by atoms with Gasteiger partial charge in [0.25, 0.3) is 0 Å². The van der Waals surface area contributed by atoms with E-state index in [2.05, 4.69) is 84.9 Å². The Balaban J connectivity index is 0.000000383. The molecule has 4 aromatic rings. The van der Waals surface area contributed by atoms with E-state index in [1.165, 1.54) is 32.7 Å². The van der Waals surface area contributed by atoms with Gasteiger partial charge in [-0.15, -0.1) is 0 Å². The molecule has 0 heterocycles. The molecule has 0 aromatic heterocycles. The lowest BCUT2D eigenvalue weighted by atomic mass is 9.94. The van der Waals surface area contributed by atoms with E-state index in [0.717, 1.165) is 0 Å². The minimum absolute atomic E-state index is 1.29. The first-order valence-electron chi connectivity index (χ1n) is 7.54. The van der Waals surface area contributed by atoms with Crippen LogP contribution in [0.4, 0.5) is 0 Å². The second kappa shape index (κ2) is 7.41. The van der Waals surface area contributed by atoms with E-state index in [4.69, 9.17) is 14.4 Å². The summed E-state index contributed by atoms with van der Waals surface area (Å²) >= 11 is 0. The summed E-state index contributed by atoms with van der Waals surface area (Å²) in [7, 11) is -3.13. The molecule has 120 valence electrons. The van der Waals surface area contributed by atoms with E-state index in [1.54, 1.807) is 0 Å². The van der Waals surface area contributed by atoms with Crippen molar-refractivity contribution >= 4 is 29.8 Å². The Morgan fingerprint density at radius 3 is 1.29 bits per heavy atom. The third-order valence-corrected chi connectivity index (χ3v) is 3.87. The number of benzene rings is 4. The van der Waals surface area contributed by atoms with E-state index in [9.17, 15) is 0 Å². The molecule has 24 heavy (non-hydrogen) atoms. The molecule has 2 N–H and O–H groups in total. The zero-order chi connectivity index (χ0) is 16.9. The number of rotatable bonds is 1. The van der Waals surface area contributed by atoms with Gasteiger partial charge in [-0.05, 0) is 32.7 Å². The van der Waals surface area contributed by atoms with E-state index in [-0.39, 0.29) is 0 Å². The van der Waals surface area contributed by atoms with Crippen LogP contribution in [0, 0.1) is 0 Å². The third-order valence-electron chi connectivity index (χ3n) is 3.87. The number of hydrogen-bond donors (Lipinski definition) is 2. The zero-order valence-corrected chi connectivity index (χ0v) is 13.9. The monoisotopic (exact) mass is 336 g/mol. The van der Waals surface area contributed by atoms with Gasteiger partial charge in [-0.2, -0.15) is 0 Å². The number of fused-ring (bicyclic) bond motifs is 2. The predicted octanol–water partition coefficient (Wildman–Crippen LogP) is 5.02. The quantitative estimate of drug-likeness (QED) is 0.480. The normalized spacial score (nSPS) is 10.6. The van der Waals surface area contributed by atoms with E-state index >= 15 is 0 Å². The van der Waals surface area contributed by atoms with Crippen molar-refractivity contribution in [1.29, 1.82) is 0 Å². The van der Waals surface area contributed by atoms with Crippen LogP contribution in [0.25, 0.3) is 32.7 Å². The maximum atomic E-state index is 8.74. The molecule has 3 nitrogen and oxygen atoms in total. The predicted molar refractivity (Wildman–Crippen MR) is 100 cm³/mol. The van der Waals surface area contributed by atoms with E-state index < -0.39 is 8.25 Å². The lowest BCUT2D eigenvalue weighted by molar-refractivity contribution is 0.405. The van der Waals surface area contributed by atoms with Gasteiger partial charge in [0.15, 0.2) is 0 Å². The number of hydrogen-bond acceptors (Lipinski definition) is 1. The second-order valence-corrected chi connectivity index (χ2v) is 5.90. The molecule has 4 heteroatoms. The Bertz CT molecular complexity index is 920. The average molecular weight is 336 g/mol. The van der Waals surface area contributed by atoms with Crippen molar-refractivity contribution in [3.05, 3.63) is 84.9 Å². The van der Waals surface area contributed by atoms with Crippen LogP contribution in [-0.4, -0.2) is 9.79 Å². The van der Waals surface area contributed by atoms with Crippen LogP contribution in [0.2, 0.25) is 0 Å². The smallest absolute Gasteiger partial charge is 0.314 e. The minimum atomic E-state index is -3.13. The van der Waals surface area contributed by atoms with E-state index in [0.29, 0.717) is 0 Å². The summed E-state index contributed by atoms with van der Waals surface area (Å²) in [6, 6.07) is 30.2. The molecule has 0 fully saturated rings. The molecule has 0 radical (unpaired) electrons. The van der Waals surface area contributed by atoms with Gasteiger partial charge in [-0.25, -0.2) is 0 Å². The summed E-state index contributed by atoms with van der Waals surface area (Å²) in [4.78, 5) is 14.3. The van der Waals surface area contributed by atoms with Crippen LogP contribution in [-0.2, 0) is 4.57 Å². The highest BCUT2D eigenvalue weighted by Crippen LogP contribution is 2.33. The first kappa shape index (κ1) is 16.4. The zero-order valence-electron chi connectivity index (χ0n) is 12.9. The van der Waals surface area contributed by atoms with Crippen molar-refractivity contribution in [2.24, 2.45) is 0 Å². The van der Waals surface area contributed by atoms with Gasteiger partial charge in [0, 0.05) is 0 Å². The lowest BCUT2D eigenvalue weighted by Crippen LogP contribution is -1.83.